The molecule has 0 heterocycles. The maximum Gasteiger partial charge on any atom is 0.253 e. The van der Waals surface area contributed by atoms with Gasteiger partial charge in [-0.2, -0.15) is 0 Å². The highest BCUT2D eigenvalue weighted by molar-refractivity contribution is 6.33. The number of carbonyl (C=O) groups is 1. The summed E-state index contributed by atoms with van der Waals surface area (Å²) < 4.78 is 0. The van der Waals surface area contributed by atoms with Crippen LogP contribution in [0.1, 0.15) is 29.8 Å². The van der Waals surface area contributed by atoms with Gasteiger partial charge in [0.2, 0.25) is 0 Å². The predicted octanol–water partition coefficient (Wildman–Crippen LogP) is 4.66. The normalized spacial score (nSPS) is 11.2. The third-order valence-corrected chi connectivity index (χ3v) is 3.66. The van der Waals surface area contributed by atoms with Crippen LogP contribution in [-0.4, -0.2) is 5.91 Å². The van der Waals surface area contributed by atoms with Crippen molar-refractivity contribution in [3.63, 3.8) is 0 Å². The number of amides is 1. The summed E-state index contributed by atoms with van der Waals surface area (Å²) in [4.78, 5) is 12.3. The Morgan fingerprint density at radius 3 is 2.40 bits per heavy atom. The lowest BCUT2D eigenvalue weighted by molar-refractivity contribution is 0.0912. The van der Waals surface area contributed by atoms with Gasteiger partial charge in [-0.05, 0) is 43.7 Å². The van der Waals surface area contributed by atoms with E-state index < -0.39 is 5.54 Å². The van der Waals surface area contributed by atoms with Gasteiger partial charge < -0.3 is 5.32 Å². The molecule has 0 spiro atoms. The number of hydrogen-bond donors (Lipinski definition) is 1. The fourth-order valence-corrected chi connectivity index (χ4v) is 2.36. The first-order chi connectivity index (χ1) is 9.40. The van der Waals surface area contributed by atoms with Crippen LogP contribution in [0.5, 0.6) is 0 Å². The van der Waals surface area contributed by atoms with Crippen LogP contribution in [0.2, 0.25) is 10.0 Å². The molecule has 20 heavy (non-hydrogen) atoms. The predicted molar refractivity (Wildman–Crippen MR) is 83.4 cm³/mol. The lowest BCUT2D eigenvalue weighted by atomic mass is 9.94. The Bertz CT molecular complexity index is 638. The molecule has 0 unspecified atom stereocenters. The largest absolute Gasteiger partial charge is 0.343 e. The third-order valence-electron chi connectivity index (χ3n) is 3.09. The Hall–Kier alpha value is -1.51. The monoisotopic (exact) mass is 307 g/mol. The minimum atomic E-state index is -0.541. The molecule has 0 fully saturated rings. The van der Waals surface area contributed by atoms with Gasteiger partial charge in [-0.3, -0.25) is 4.79 Å². The second-order valence-electron chi connectivity index (χ2n) is 5.07. The zero-order chi connectivity index (χ0) is 14.8. The summed E-state index contributed by atoms with van der Waals surface area (Å²) in [6, 6.07) is 14.4. The molecule has 104 valence electrons. The highest BCUT2D eigenvalue weighted by Crippen LogP contribution is 2.24. The molecule has 0 saturated heterocycles. The second-order valence-corrected chi connectivity index (χ2v) is 5.91. The van der Waals surface area contributed by atoms with Gasteiger partial charge >= 0.3 is 0 Å². The molecule has 0 aliphatic rings. The first kappa shape index (κ1) is 14.9. The second kappa shape index (κ2) is 5.86. The summed E-state index contributed by atoms with van der Waals surface area (Å²) in [6.07, 6.45) is 0. The van der Waals surface area contributed by atoms with Crippen LogP contribution in [-0.2, 0) is 5.54 Å². The number of rotatable bonds is 3. The topological polar surface area (TPSA) is 29.1 Å². The summed E-state index contributed by atoms with van der Waals surface area (Å²) in [7, 11) is 0. The minimum Gasteiger partial charge on any atom is -0.343 e. The Labute approximate surface area is 128 Å². The van der Waals surface area contributed by atoms with Crippen molar-refractivity contribution in [3.8, 4) is 0 Å². The molecule has 2 nitrogen and oxygen atoms in total. The number of hydrogen-bond acceptors (Lipinski definition) is 1. The van der Waals surface area contributed by atoms with Gasteiger partial charge in [0.15, 0.2) is 0 Å². The van der Waals surface area contributed by atoms with Crippen LogP contribution >= 0.6 is 23.2 Å². The molecule has 0 saturated carbocycles. The fourth-order valence-electron chi connectivity index (χ4n) is 1.95. The zero-order valence-corrected chi connectivity index (χ0v) is 12.8. The molecule has 0 bridgehead atoms. The molecule has 4 heteroatoms. The van der Waals surface area contributed by atoms with Crippen molar-refractivity contribution < 1.29 is 4.79 Å². The van der Waals surface area contributed by atoms with Crippen molar-refractivity contribution in [2.75, 3.05) is 0 Å². The van der Waals surface area contributed by atoms with Crippen molar-refractivity contribution in [1.82, 2.24) is 5.32 Å². The molecule has 0 aliphatic heterocycles. The first-order valence-corrected chi connectivity index (χ1v) is 6.99. The molecule has 2 rings (SSSR count). The fraction of sp³-hybridized carbons (Fsp3) is 0.188. The van der Waals surface area contributed by atoms with E-state index in [4.69, 9.17) is 23.2 Å². The summed E-state index contributed by atoms with van der Waals surface area (Å²) in [5.74, 6) is -0.208. The van der Waals surface area contributed by atoms with E-state index in [1.165, 1.54) is 0 Å². The van der Waals surface area contributed by atoms with Crippen molar-refractivity contribution in [2.24, 2.45) is 0 Å². The molecule has 0 aromatic heterocycles. The van der Waals surface area contributed by atoms with Crippen molar-refractivity contribution in [2.45, 2.75) is 19.4 Å². The molecule has 1 N–H and O–H groups in total. The van der Waals surface area contributed by atoms with Crippen LogP contribution in [0.15, 0.2) is 48.5 Å². The van der Waals surface area contributed by atoms with Crippen molar-refractivity contribution in [1.29, 1.82) is 0 Å². The van der Waals surface area contributed by atoms with Crippen LogP contribution < -0.4 is 5.32 Å². The first-order valence-electron chi connectivity index (χ1n) is 6.23. The smallest absolute Gasteiger partial charge is 0.253 e. The molecular formula is C16H15Cl2NO. The van der Waals surface area contributed by atoms with E-state index in [9.17, 15) is 4.79 Å². The Morgan fingerprint density at radius 2 is 1.75 bits per heavy atom. The maximum absolute atomic E-state index is 12.3. The van der Waals surface area contributed by atoms with Gasteiger partial charge in [-0.1, -0.05) is 47.5 Å². The highest BCUT2D eigenvalue weighted by Gasteiger charge is 2.24. The highest BCUT2D eigenvalue weighted by atomic mass is 35.5. The van der Waals surface area contributed by atoms with Crippen LogP contribution in [0, 0.1) is 0 Å². The van der Waals surface area contributed by atoms with E-state index in [1.54, 1.807) is 30.3 Å². The maximum atomic E-state index is 12.3. The Kier molecular flexibility index (Phi) is 4.36. The van der Waals surface area contributed by atoms with Crippen LogP contribution in [0.25, 0.3) is 0 Å². The number of benzene rings is 2. The Balaban J connectivity index is 2.24. The average Bonchev–Trinajstić information content (AvgIpc) is 2.38. The molecular weight excluding hydrogens is 293 g/mol. The van der Waals surface area contributed by atoms with Gasteiger partial charge in [0.25, 0.3) is 5.91 Å². The van der Waals surface area contributed by atoms with Crippen molar-refractivity contribution in [3.05, 3.63) is 69.7 Å². The number of carbonyl (C=O) groups excluding carboxylic acids is 1. The number of nitrogens with one attached hydrogen (secondary N) is 1. The summed E-state index contributed by atoms with van der Waals surface area (Å²) in [6.45, 7) is 3.85. The quantitative estimate of drug-likeness (QED) is 0.878. The van der Waals surface area contributed by atoms with E-state index in [0.717, 1.165) is 5.56 Å². The van der Waals surface area contributed by atoms with Crippen molar-refractivity contribution >= 4 is 29.1 Å². The zero-order valence-electron chi connectivity index (χ0n) is 11.3. The van der Waals surface area contributed by atoms with Gasteiger partial charge in [-0.25, -0.2) is 0 Å². The molecule has 0 atom stereocenters. The van der Waals surface area contributed by atoms with Gasteiger partial charge in [0, 0.05) is 5.02 Å². The van der Waals surface area contributed by atoms with E-state index in [-0.39, 0.29) is 5.91 Å². The molecule has 0 aliphatic carbocycles. The van der Waals surface area contributed by atoms with Gasteiger partial charge in [-0.15, -0.1) is 0 Å². The molecule has 0 radical (unpaired) electrons. The number of halogens is 2. The SMILES string of the molecule is CC(C)(NC(=O)c1ccccc1Cl)c1cccc(Cl)c1. The van der Waals surface area contributed by atoms with E-state index in [0.29, 0.717) is 15.6 Å². The summed E-state index contributed by atoms with van der Waals surface area (Å²) in [5, 5.41) is 4.05. The summed E-state index contributed by atoms with van der Waals surface area (Å²) in [5.41, 5.74) is 0.857. The molecule has 2 aromatic rings. The van der Waals surface area contributed by atoms with E-state index in [2.05, 4.69) is 5.32 Å². The minimum absolute atomic E-state index is 0.208. The van der Waals surface area contributed by atoms with E-state index >= 15 is 0 Å². The lowest BCUT2D eigenvalue weighted by Crippen LogP contribution is -2.41. The molecule has 2 aromatic carbocycles. The standard InChI is InChI=1S/C16H15Cl2NO/c1-16(2,11-6-5-7-12(17)10-11)19-15(20)13-8-3-4-9-14(13)18/h3-10H,1-2H3,(H,19,20). The van der Waals surface area contributed by atoms with E-state index in [1.807, 2.05) is 32.0 Å². The summed E-state index contributed by atoms with van der Waals surface area (Å²) >= 11 is 12.0. The average molecular weight is 308 g/mol. The van der Waals surface area contributed by atoms with Gasteiger partial charge in [0.1, 0.15) is 0 Å². The van der Waals surface area contributed by atoms with Crippen LogP contribution in [0.4, 0.5) is 0 Å². The molecule has 1 amide bonds. The van der Waals surface area contributed by atoms with Gasteiger partial charge in [0.05, 0.1) is 16.1 Å². The lowest BCUT2D eigenvalue weighted by Gasteiger charge is -2.27. The van der Waals surface area contributed by atoms with Crippen LogP contribution in [0.3, 0.4) is 0 Å². The third kappa shape index (κ3) is 3.33. The Morgan fingerprint density at radius 1 is 1.05 bits per heavy atom.